The Bertz CT molecular complexity index is 455. The minimum absolute atomic E-state index is 0.0960. The summed E-state index contributed by atoms with van der Waals surface area (Å²) in [4.78, 5) is 11.0. The van der Waals surface area contributed by atoms with Crippen LogP contribution in [0.25, 0.3) is 0 Å². The van der Waals surface area contributed by atoms with Crippen LogP contribution in [-0.4, -0.2) is 12.4 Å². The van der Waals surface area contributed by atoms with Gasteiger partial charge in [0.05, 0.1) is 6.61 Å². The van der Waals surface area contributed by atoms with Crippen molar-refractivity contribution in [3.05, 3.63) is 29.3 Å². The van der Waals surface area contributed by atoms with Crippen molar-refractivity contribution in [3.8, 4) is 5.75 Å². The van der Waals surface area contributed by atoms with Gasteiger partial charge in [0.1, 0.15) is 11.5 Å². The van der Waals surface area contributed by atoms with Crippen LogP contribution in [0, 0.1) is 0 Å². The Hall–Kier alpha value is -1.31. The smallest absolute Gasteiger partial charge is 0.129 e. The first kappa shape index (κ1) is 17.7. The molecular weight excluding hydrogens is 260 g/mol. The molecule has 0 atom stereocenters. The van der Waals surface area contributed by atoms with Gasteiger partial charge < -0.3 is 9.53 Å². The van der Waals surface area contributed by atoms with Crippen LogP contribution in [-0.2, 0) is 15.6 Å². The SMILES string of the molecule is CC(=O)CCCOc1cc(C(C)(C)C)cc(C(C)(C)C)c1. The van der Waals surface area contributed by atoms with Crippen LogP contribution in [0.1, 0.15) is 72.4 Å². The summed E-state index contributed by atoms with van der Waals surface area (Å²) in [5.41, 5.74) is 2.77. The molecule has 2 heteroatoms. The Kier molecular flexibility index (Phi) is 5.61. The minimum Gasteiger partial charge on any atom is -0.494 e. The first-order valence-electron chi connectivity index (χ1n) is 7.78. The molecule has 0 aromatic heterocycles. The molecule has 2 nitrogen and oxygen atoms in total. The quantitative estimate of drug-likeness (QED) is 0.711. The summed E-state index contributed by atoms with van der Waals surface area (Å²) in [6.45, 7) is 15.5. The highest BCUT2D eigenvalue weighted by molar-refractivity contribution is 5.75. The number of hydrogen-bond acceptors (Lipinski definition) is 2. The average molecular weight is 290 g/mol. The Balaban J connectivity index is 2.95. The lowest BCUT2D eigenvalue weighted by Gasteiger charge is -2.26. The molecular formula is C19H30O2. The predicted molar refractivity (Wildman–Crippen MR) is 89.3 cm³/mol. The summed E-state index contributed by atoms with van der Waals surface area (Å²) in [5.74, 6) is 1.13. The summed E-state index contributed by atoms with van der Waals surface area (Å²) < 4.78 is 5.88. The van der Waals surface area contributed by atoms with Crippen molar-refractivity contribution in [2.75, 3.05) is 6.61 Å². The maximum absolute atomic E-state index is 11.0. The van der Waals surface area contributed by atoms with E-state index in [1.54, 1.807) is 6.92 Å². The third-order valence-electron chi connectivity index (χ3n) is 3.58. The number of rotatable bonds is 5. The van der Waals surface area contributed by atoms with Crippen LogP contribution >= 0.6 is 0 Å². The van der Waals surface area contributed by atoms with E-state index in [2.05, 4.69) is 59.7 Å². The highest BCUT2D eigenvalue weighted by Gasteiger charge is 2.20. The normalized spacial score (nSPS) is 12.3. The van der Waals surface area contributed by atoms with Gasteiger partial charge in [-0.25, -0.2) is 0 Å². The van der Waals surface area contributed by atoms with Crippen molar-refractivity contribution in [2.45, 2.75) is 72.1 Å². The van der Waals surface area contributed by atoms with Crippen LogP contribution < -0.4 is 4.74 Å². The summed E-state index contributed by atoms with van der Waals surface area (Å²) >= 11 is 0. The molecule has 0 aliphatic rings. The molecule has 0 radical (unpaired) electrons. The zero-order valence-electron chi connectivity index (χ0n) is 14.7. The van der Waals surface area contributed by atoms with E-state index >= 15 is 0 Å². The van der Waals surface area contributed by atoms with E-state index in [1.807, 2.05) is 0 Å². The number of hydrogen-bond donors (Lipinski definition) is 0. The summed E-state index contributed by atoms with van der Waals surface area (Å²) in [7, 11) is 0. The van der Waals surface area contributed by atoms with E-state index < -0.39 is 0 Å². The summed E-state index contributed by atoms with van der Waals surface area (Å²) in [6, 6.07) is 6.54. The molecule has 21 heavy (non-hydrogen) atoms. The maximum atomic E-state index is 11.0. The molecule has 0 aliphatic carbocycles. The minimum atomic E-state index is 0.0960. The fourth-order valence-corrected chi connectivity index (χ4v) is 2.06. The van der Waals surface area contributed by atoms with Gasteiger partial charge in [-0.05, 0) is 47.4 Å². The number of ketones is 1. The van der Waals surface area contributed by atoms with Gasteiger partial charge >= 0.3 is 0 Å². The lowest BCUT2D eigenvalue weighted by atomic mass is 9.80. The zero-order valence-corrected chi connectivity index (χ0v) is 14.7. The molecule has 0 unspecified atom stereocenters. The van der Waals surface area contributed by atoms with E-state index in [4.69, 9.17) is 4.74 Å². The van der Waals surface area contributed by atoms with Gasteiger partial charge in [-0.15, -0.1) is 0 Å². The van der Waals surface area contributed by atoms with E-state index in [0.717, 1.165) is 12.2 Å². The Morgan fingerprint density at radius 1 is 0.952 bits per heavy atom. The predicted octanol–water partition coefficient (Wildman–Crippen LogP) is 5.03. The molecule has 0 saturated carbocycles. The molecule has 1 aromatic rings. The molecule has 0 spiro atoms. The van der Waals surface area contributed by atoms with Crippen LogP contribution in [0.15, 0.2) is 18.2 Å². The largest absolute Gasteiger partial charge is 0.494 e. The number of carbonyl (C=O) groups excluding carboxylic acids is 1. The number of benzene rings is 1. The average Bonchev–Trinajstić information content (AvgIpc) is 2.32. The third-order valence-corrected chi connectivity index (χ3v) is 3.58. The monoisotopic (exact) mass is 290 g/mol. The first-order valence-corrected chi connectivity index (χ1v) is 7.78. The number of Topliss-reactive ketones (excluding diaryl/α,β-unsaturated/α-hetero) is 1. The molecule has 0 aliphatic heterocycles. The summed E-state index contributed by atoms with van der Waals surface area (Å²) in [5, 5.41) is 0. The van der Waals surface area contributed by atoms with E-state index in [1.165, 1.54) is 11.1 Å². The second-order valence-electron chi connectivity index (χ2n) is 7.90. The van der Waals surface area contributed by atoms with Crippen molar-refractivity contribution >= 4 is 5.78 Å². The van der Waals surface area contributed by atoms with Crippen LogP contribution in [0.2, 0.25) is 0 Å². The zero-order chi connectivity index (χ0) is 16.3. The Morgan fingerprint density at radius 3 is 1.81 bits per heavy atom. The Labute approximate surface area is 129 Å². The lowest BCUT2D eigenvalue weighted by Crippen LogP contribution is -2.16. The lowest BCUT2D eigenvalue weighted by molar-refractivity contribution is -0.117. The molecule has 0 fully saturated rings. The van der Waals surface area contributed by atoms with Gasteiger partial charge in [0.25, 0.3) is 0 Å². The van der Waals surface area contributed by atoms with Gasteiger partial charge in [-0.1, -0.05) is 47.6 Å². The standard InChI is InChI=1S/C19H30O2/c1-14(20)9-8-10-21-17-12-15(18(2,3)4)11-16(13-17)19(5,6)7/h11-13H,8-10H2,1-7H3. The van der Waals surface area contributed by atoms with Gasteiger partial charge in [0, 0.05) is 6.42 Å². The second kappa shape index (κ2) is 6.64. The van der Waals surface area contributed by atoms with E-state index in [0.29, 0.717) is 13.0 Å². The topological polar surface area (TPSA) is 26.3 Å². The fourth-order valence-electron chi connectivity index (χ4n) is 2.06. The summed E-state index contributed by atoms with van der Waals surface area (Å²) in [6.07, 6.45) is 1.37. The van der Waals surface area contributed by atoms with Gasteiger partial charge in [0.15, 0.2) is 0 Å². The van der Waals surface area contributed by atoms with Gasteiger partial charge in [-0.3, -0.25) is 0 Å². The molecule has 0 N–H and O–H groups in total. The molecule has 0 amide bonds. The van der Waals surface area contributed by atoms with Gasteiger partial charge in [0.2, 0.25) is 0 Å². The highest BCUT2D eigenvalue weighted by atomic mass is 16.5. The molecule has 0 heterocycles. The van der Waals surface area contributed by atoms with Gasteiger partial charge in [-0.2, -0.15) is 0 Å². The van der Waals surface area contributed by atoms with E-state index in [-0.39, 0.29) is 16.6 Å². The maximum Gasteiger partial charge on any atom is 0.129 e. The van der Waals surface area contributed by atoms with Crippen molar-refractivity contribution in [2.24, 2.45) is 0 Å². The van der Waals surface area contributed by atoms with Crippen LogP contribution in [0.4, 0.5) is 0 Å². The molecule has 0 saturated heterocycles. The van der Waals surface area contributed by atoms with Crippen LogP contribution in [0.3, 0.4) is 0 Å². The molecule has 0 bridgehead atoms. The van der Waals surface area contributed by atoms with Crippen molar-refractivity contribution < 1.29 is 9.53 Å². The second-order valence-corrected chi connectivity index (χ2v) is 7.90. The van der Waals surface area contributed by atoms with Crippen molar-refractivity contribution in [1.82, 2.24) is 0 Å². The highest BCUT2D eigenvalue weighted by Crippen LogP contribution is 2.32. The van der Waals surface area contributed by atoms with E-state index in [9.17, 15) is 4.79 Å². The molecule has 118 valence electrons. The number of ether oxygens (including phenoxy) is 1. The molecule has 1 rings (SSSR count). The van der Waals surface area contributed by atoms with Crippen molar-refractivity contribution in [3.63, 3.8) is 0 Å². The Morgan fingerprint density at radius 2 is 1.43 bits per heavy atom. The van der Waals surface area contributed by atoms with Crippen molar-refractivity contribution in [1.29, 1.82) is 0 Å². The third kappa shape index (κ3) is 5.91. The fraction of sp³-hybridized carbons (Fsp3) is 0.632. The van der Waals surface area contributed by atoms with Crippen LogP contribution in [0.5, 0.6) is 5.75 Å². The number of carbonyl (C=O) groups is 1. The first-order chi connectivity index (χ1) is 9.50. The molecule has 1 aromatic carbocycles.